The van der Waals surface area contributed by atoms with Crippen molar-refractivity contribution < 1.29 is 133 Å². The molecule has 25 atom stereocenters. The van der Waals surface area contributed by atoms with Gasteiger partial charge >= 0.3 is 48.4 Å². The van der Waals surface area contributed by atoms with Crippen molar-refractivity contribution in [1.29, 1.82) is 0 Å². The van der Waals surface area contributed by atoms with Crippen molar-refractivity contribution in [3.8, 4) is 0 Å². The number of nitrogens with one attached hydrogen (secondary N) is 1. The number of hydrogen-bond donors (Lipinski definition) is 17. The Morgan fingerprint density at radius 1 is 0.505 bits per heavy atom. The molecule has 7 aromatic rings. The van der Waals surface area contributed by atoms with Gasteiger partial charge in [-0.1, -0.05) is 0 Å². The largest absolute Gasteiger partial charge is 0.472 e. The highest BCUT2D eigenvalue weighted by atomic mass is 32.2. The van der Waals surface area contributed by atoms with Crippen LogP contribution in [0, 0.1) is 0 Å². The molecule has 109 heavy (non-hydrogen) atoms. The average molecular weight is 1640 g/mol. The van der Waals surface area contributed by atoms with Gasteiger partial charge in [0.15, 0.2) is 54.1 Å². The van der Waals surface area contributed by atoms with E-state index in [0.717, 1.165) is 64.9 Å². The molecule has 0 bridgehead atoms. The molecule has 23 N–H and O–H groups in total. The third-order valence-electron chi connectivity index (χ3n) is 17.4. The number of rotatable bonds is 31. The number of imidazole rings is 2. The Labute approximate surface area is 612 Å². The van der Waals surface area contributed by atoms with Crippen molar-refractivity contribution in [2.45, 2.75) is 135 Å². The number of thioether (sulfide) groups is 1. The number of carbonyl (C=O) groups excluding carboxylic acids is 1. The standard InChI is InChI=1S/C52H71N21O31P4S/c1-109-9-5-19(53)44(80)68-28-21(97-45(31(28)75)72-17-63-29-40(57)59-15-61-42(29)72)11-92-105(84,85)102-37-22(98-47(33(37)77)70-7-3-26(55)66-51(70)82)12-94-107(88,89)103-38-23(99-48(34(38)78)71-8-4-27(56)67-52(71)83)13-95-108(90,91)104-39-24(100-49(35(39)79)73-18-64-30-41(58)60-16-62-43(30)73)14-93-106(86,87)101-36-20(10-74)96-46(32(36)76)69-6-2-25(54)65-50(69)81/h2-4,6-8,15-24,28,31-39,45-49,74-79H,5,9-14,53H2,1H3,(H,68,80)(H,84,85)(H,86,87)(H,88,89)(H,90,91)(H2,54,65,81)(H2,55,66,82)(H2,56,67,83)(H2,57,59,61)(H2,58,60,62)/t19?,20-,21-,22-,23-,24-,28-,31-,32-,33-,34-,35-,36-,37-,38-,39-,45-,46-,47-,48-,49-/m1/s1. The fourth-order valence-corrected chi connectivity index (χ4v) is 16.5. The van der Waals surface area contributed by atoms with Gasteiger partial charge in [0.25, 0.3) is 0 Å². The van der Waals surface area contributed by atoms with Crippen molar-refractivity contribution in [1.82, 2.24) is 73.0 Å². The normalized spacial score (nSPS) is 31.7. The summed E-state index contributed by atoms with van der Waals surface area (Å²) in [7, 11) is -23.0. The molecule has 52 nitrogen and oxygen atoms in total. The summed E-state index contributed by atoms with van der Waals surface area (Å²) < 4.78 is 133. The summed E-state index contributed by atoms with van der Waals surface area (Å²) in [6.45, 7) is -5.97. The number of ether oxygens (including phenoxy) is 5. The first-order chi connectivity index (χ1) is 51.5. The van der Waals surface area contributed by atoms with Gasteiger partial charge in [0.1, 0.15) is 127 Å². The summed E-state index contributed by atoms with van der Waals surface area (Å²) in [4.78, 5) is 133. The number of nitrogens with zero attached hydrogens (tertiary/aromatic N) is 14. The van der Waals surface area contributed by atoms with Crippen LogP contribution in [0.5, 0.6) is 0 Å². The molecule has 57 heteroatoms. The number of aliphatic hydroxyl groups excluding tert-OH is 6. The zero-order chi connectivity index (χ0) is 78.5. The van der Waals surface area contributed by atoms with Crippen LogP contribution in [0.2, 0.25) is 0 Å². The van der Waals surface area contributed by atoms with Gasteiger partial charge < -0.3 is 114 Å². The Morgan fingerprint density at radius 2 is 0.826 bits per heavy atom. The van der Waals surface area contributed by atoms with Crippen LogP contribution in [0.15, 0.2) is 76.5 Å². The number of nitrogen functional groups attached to an aromatic ring is 5. The molecule has 5 unspecified atom stereocenters. The molecule has 12 rings (SSSR count). The third-order valence-corrected chi connectivity index (χ3v) is 22.0. The van der Waals surface area contributed by atoms with Crippen LogP contribution in [0.1, 0.15) is 37.6 Å². The van der Waals surface area contributed by atoms with E-state index in [0.29, 0.717) is 14.9 Å². The minimum Gasteiger partial charge on any atom is -0.394 e. The van der Waals surface area contributed by atoms with Gasteiger partial charge in [-0.05, 0) is 36.6 Å². The summed E-state index contributed by atoms with van der Waals surface area (Å²) in [6.07, 6.45) is -28.2. The molecular weight excluding hydrogens is 1570 g/mol. The van der Waals surface area contributed by atoms with Gasteiger partial charge in [0, 0.05) is 18.6 Å². The summed E-state index contributed by atoms with van der Waals surface area (Å²) >= 11 is 1.39. The van der Waals surface area contributed by atoms with Crippen LogP contribution in [-0.4, -0.2) is 266 Å². The number of fused-ring (bicyclic) bond motifs is 2. The lowest BCUT2D eigenvalue weighted by Crippen LogP contribution is -2.53. The lowest BCUT2D eigenvalue weighted by molar-refractivity contribution is -0.124. The van der Waals surface area contributed by atoms with E-state index in [4.69, 9.17) is 94.3 Å². The lowest BCUT2D eigenvalue weighted by Gasteiger charge is -2.27. The molecule has 7 aromatic heterocycles. The molecule has 1 amide bonds. The molecule has 0 aromatic carbocycles. The Kier molecular flexibility index (Phi) is 24.3. The van der Waals surface area contributed by atoms with E-state index in [1.54, 1.807) is 6.26 Å². The summed E-state index contributed by atoms with van der Waals surface area (Å²) in [6, 6.07) is 0.694. The van der Waals surface area contributed by atoms with Crippen molar-refractivity contribution in [2.75, 3.05) is 73.7 Å². The molecule has 5 aliphatic rings. The maximum Gasteiger partial charge on any atom is 0.472 e. The smallest absolute Gasteiger partial charge is 0.394 e. The fourth-order valence-electron chi connectivity index (χ4n) is 12.2. The predicted octanol–water partition coefficient (Wildman–Crippen LogP) is -6.79. The van der Waals surface area contributed by atoms with Crippen molar-refractivity contribution in [2.24, 2.45) is 5.73 Å². The second-order valence-corrected chi connectivity index (χ2v) is 31.1. The molecule has 12 heterocycles. The summed E-state index contributed by atoms with van der Waals surface area (Å²) in [5, 5.41) is 71.2. The van der Waals surface area contributed by atoms with E-state index < -0.39 is 216 Å². The highest BCUT2D eigenvalue weighted by molar-refractivity contribution is 7.98. The molecule has 0 spiro atoms. The fraction of sp³-hybridized carbons (Fsp3) is 0.558. The van der Waals surface area contributed by atoms with E-state index in [2.05, 4.69) is 50.2 Å². The lowest BCUT2D eigenvalue weighted by atomic mass is 10.1. The number of aromatic nitrogens is 14. The molecule has 5 aliphatic heterocycles. The van der Waals surface area contributed by atoms with Crippen LogP contribution in [-0.2, 0) is 82.9 Å². The number of nitrogens with two attached hydrogens (primary N) is 6. The van der Waals surface area contributed by atoms with Crippen molar-refractivity contribution >= 4 is 100 Å². The number of phosphoric acid groups is 4. The number of aliphatic hydroxyl groups is 6. The molecule has 0 aliphatic carbocycles. The van der Waals surface area contributed by atoms with Gasteiger partial charge in [-0.2, -0.15) is 26.7 Å². The number of carbonyl (C=O) groups is 1. The van der Waals surface area contributed by atoms with E-state index in [9.17, 15) is 87.7 Å². The maximum absolute atomic E-state index is 14.3. The minimum absolute atomic E-state index is 0.0471. The Morgan fingerprint density at radius 3 is 1.17 bits per heavy atom. The second-order valence-electron chi connectivity index (χ2n) is 24.5. The number of hydrogen-bond acceptors (Lipinski definition) is 43. The van der Waals surface area contributed by atoms with Crippen LogP contribution >= 0.6 is 43.1 Å². The molecule has 5 fully saturated rings. The molecule has 5 saturated heterocycles. The Hall–Kier alpha value is -7.48. The van der Waals surface area contributed by atoms with Gasteiger partial charge in [0.2, 0.25) is 5.91 Å². The van der Waals surface area contributed by atoms with Crippen molar-refractivity contribution in [3.63, 3.8) is 0 Å². The van der Waals surface area contributed by atoms with E-state index in [1.807, 2.05) is 0 Å². The predicted molar refractivity (Wildman–Crippen MR) is 360 cm³/mol. The zero-order valence-corrected chi connectivity index (χ0v) is 60.2. The summed E-state index contributed by atoms with van der Waals surface area (Å²) in [5.74, 6) is -1.42. The van der Waals surface area contributed by atoms with Crippen LogP contribution < -0.4 is 56.8 Å². The van der Waals surface area contributed by atoms with E-state index in [-0.39, 0.29) is 57.8 Å². The Balaban J connectivity index is 0.763. The number of amides is 1. The molecule has 596 valence electrons. The highest BCUT2D eigenvalue weighted by Gasteiger charge is 2.57. The van der Waals surface area contributed by atoms with Gasteiger partial charge in [-0.3, -0.25) is 63.8 Å². The average Bonchev–Trinajstić information content (AvgIpc) is 1.62. The van der Waals surface area contributed by atoms with E-state index in [1.165, 1.54) is 22.7 Å². The van der Waals surface area contributed by atoms with Gasteiger partial charge in [-0.15, -0.1) is 0 Å². The van der Waals surface area contributed by atoms with Gasteiger partial charge in [-0.25, -0.2) is 62.5 Å². The quantitative estimate of drug-likeness (QED) is 0.0180. The minimum atomic E-state index is -5.90. The first-order valence-electron chi connectivity index (χ1n) is 31.9. The van der Waals surface area contributed by atoms with E-state index >= 15 is 0 Å². The SMILES string of the molecule is CSCCC(N)C(=O)N[C@H]1[C@@H](O)[C@H](n2cnc3c(N)ncnc32)O[C@@H]1COP(=O)(O)O[C@H]1[C@@H](O)[C@H](n2ccc(N)nc2=O)O[C@@H]1COP(=O)(O)O[C@H]1[C@@H](O)[C@H](n2ccc(N)nc2=O)O[C@@H]1COP(=O)(O)O[C@H]1[C@@H](O)[C@H](n2cnc3c(N)ncnc32)O[C@@H]1COP(=O)(O)O[C@H]1[C@@H](O)[C@H](n2ccc(N)nc2=O)O[C@@H]1CO. The maximum atomic E-state index is 14.3. The first kappa shape index (κ1) is 81.0. The Bertz CT molecular complexity index is 4860. The topological polar surface area (TPSA) is 768 Å². The number of phosphoric ester groups is 4. The third kappa shape index (κ3) is 17.6. The zero-order valence-electron chi connectivity index (χ0n) is 55.8. The first-order valence-corrected chi connectivity index (χ1v) is 39.3. The van der Waals surface area contributed by atoms with Crippen LogP contribution in [0.3, 0.4) is 0 Å². The highest BCUT2D eigenvalue weighted by Crippen LogP contribution is 2.55. The van der Waals surface area contributed by atoms with Crippen molar-refractivity contribution in [3.05, 3.63) is 93.6 Å². The molecular formula is C52H71N21O31P4S. The molecule has 0 radical (unpaired) electrons. The van der Waals surface area contributed by atoms with Crippen LogP contribution in [0.4, 0.5) is 29.1 Å². The second kappa shape index (κ2) is 32.7. The molecule has 0 saturated carbocycles. The monoisotopic (exact) mass is 1640 g/mol. The number of anilines is 5. The van der Waals surface area contributed by atoms with Crippen LogP contribution in [0.25, 0.3) is 22.3 Å². The van der Waals surface area contributed by atoms with Gasteiger partial charge in [0.05, 0.1) is 57.8 Å². The summed E-state index contributed by atoms with van der Waals surface area (Å²) in [5.41, 5.74) is 31.6.